The average molecular weight is 361 g/mol. The molecule has 2 N–H and O–H groups in total. The summed E-state index contributed by atoms with van der Waals surface area (Å²) in [4.78, 5) is 16.7. The molecular weight excluding hydrogens is 342 g/mol. The first-order valence-corrected chi connectivity index (χ1v) is 8.72. The fraction of sp³-hybridized carbons (Fsp3) is 0.143. The summed E-state index contributed by atoms with van der Waals surface area (Å²) in [6.07, 6.45) is 3.24. The molecule has 4 rings (SSSR count). The number of anilines is 2. The van der Waals surface area contributed by atoms with Crippen molar-refractivity contribution in [1.29, 1.82) is 0 Å². The summed E-state index contributed by atoms with van der Waals surface area (Å²) in [5.74, 6) is 1.09. The number of ether oxygens (including phenoxy) is 2. The van der Waals surface area contributed by atoms with E-state index in [1.807, 2.05) is 30.3 Å². The van der Waals surface area contributed by atoms with E-state index >= 15 is 0 Å². The molecule has 2 aromatic carbocycles. The van der Waals surface area contributed by atoms with E-state index < -0.39 is 0 Å². The standard InChI is InChI=1S/C21H19N3O3/c25-21(24-17-6-7-19-20(11-17)27-9-8-26-19)16-10-18(14-22-13-16)23-12-15-4-2-1-3-5-15/h1-7,10-11,13-14,23H,8-9,12H2,(H,24,25). The summed E-state index contributed by atoms with van der Waals surface area (Å²) in [6.45, 7) is 1.70. The zero-order valence-corrected chi connectivity index (χ0v) is 14.6. The van der Waals surface area contributed by atoms with E-state index in [-0.39, 0.29) is 5.91 Å². The molecule has 1 amide bonds. The largest absolute Gasteiger partial charge is 0.486 e. The van der Waals surface area contributed by atoms with Crippen molar-refractivity contribution in [2.24, 2.45) is 0 Å². The lowest BCUT2D eigenvalue weighted by molar-refractivity contribution is 0.102. The molecule has 136 valence electrons. The van der Waals surface area contributed by atoms with Crippen molar-refractivity contribution in [3.63, 3.8) is 0 Å². The van der Waals surface area contributed by atoms with Gasteiger partial charge in [-0.05, 0) is 23.8 Å². The summed E-state index contributed by atoms with van der Waals surface area (Å²) < 4.78 is 11.0. The second-order valence-corrected chi connectivity index (χ2v) is 6.11. The molecule has 27 heavy (non-hydrogen) atoms. The summed E-state index contributed by atoms with van der Waals surface area (Å²) in [5, 5.41) is 6.15. The normalized spacial score (nSPS) is 12.3. The second-order valence-electron chi connectivity index (χ2n) is 6.11. The van der Waals surface area contributed by atoms with E-state index in [0.717, 1.165) is 11.3 Å². The molecule has 6 heteroatoms. The highest BCUT2D eigenvalue weighted by Crippen LogP contribution is 2.32. The molecule has 0 atom stereocenters. The first-order chi connectivity index (χ1) is 13.3. The van der Waals surface area contributed by atoms with Gasteiger partial charge < -0.3 is 20.1 Å². The van der Waals surface area contributed by atoms with Crippen LogP contribution < -0.4 is 20.1 Å². The molecule has 0 aliphatic carbocycles. The van der Waals surface area contributed by atoms with Crippen LogP contribution in [0.15, 0.2) is 67.0 Å². The van der Waals surface area contributed by atoms with Crippen molar-refractivity contribution in [3.8, 4) is 11.5 Å². The smallest absolute Gasteiger partial charge is 0.257 e. The summed E-state index contributed by atoms with van der Waals surface area (Å²) in [7, 11) is 0. The van der Waals surface area contributed by atoms with Crippen molar-refractivity contribution < 1.29 is 14.3 Å². The minimum absolute atomic E-state index is 0.234. The fourth-order valence-corrected chi connectivity index (χ4v) is 2.79. The number of carbonyl (C=O) groups excluding carboxylic acids is 1. The van der Waals surface area contributed by atoms with Gasteiger partial charge in [0.1, 0.15) is 13.2 Å². The van der Waals surface area contributed by atoms with Crippen molar-refractivity contribution in [2.45, 2.75) is 6.54 Å². The van der Waals surface area contributed by atoms with Crippen molar-refractivity contribution >= 4 is 17.3 Å². The zero-order valence-electron chi connectivity index (χ0n) is 14.6. The lowest BCUT2D eigenvalue weighted by Gasteiger charge is -2.19. The van der Waals surface area contributed by atoms with Gasteiger partial charge in [-0.1, -0.05) is 30.3 Å². The fourth-order valence-electron chi connectivity index (χ4n) is 2.79. The van der Waals surface area contributed by atoms with Crippen molar-refractivity contribution in [3.05, 3.63) is 78.1 Å². The van der Waals surface area contributed by atoms with Crippen LogP contribution in [0.5, 0.6) is 11.5 Å². The average Bonchev–Trinajstić information content (AvgIpc) is 2.73. The molecule has 1 aliphatic heterocycles. The number of nitrogens with one attached hydrogen (secondary N) is 2. The Labute approximate surface area is 157 Å². The van der Waals surface area contributed by atoms with Crippen LogP contribution in [0, 0.1) is 0 Å². The Morgan fingerprint density at radius 3 is 2.59 bits per heavy atom. The first-order valence-electron chi connectivity index (χ1n) is 8.72. The molecule has 1 aromatic heterocycles. The van der Waals surface area contributed by atoms with Gasteiger partial charge in [-0.15, -0.1) is 0 Å². The van der Waals surface area contributed by atoms with E-state index in [1.165, 1.54) is 0 Å². The predicted octanol–water partition coefficient (Wildman–Crippen LogP) is 3.72. The Bertz CT molecular complexity index is 944. The van der Waals surface area contributed by atoms with E-state index in [4.69, 9.17) is 9.47 Å². The Morgan fingerprint density at radius 2 is 1.74 bits per heavy atom. The highest BCUT2D eigenvalue weighted by atomic mass is 16.6. The molecule has 0 radical (unpaired) electrons. The van der Waals surface area contributed by atoms with Gasteiger partial charge in [-0.2, -0.15) is 0 Å². The molecule has 0 saturated carbocycles. The molecule has 0 fully saturated rings. The second kappa shape index (κ2) is 7.78. The van der Waals surface area contributed by atoms with Gasteiger partial charge in [0.05, 0.1) is 11.3 Å². The zero-order chi connectivity index (χ0) is 18.5. The predicted molar refractivity (Wildman–Crippen MR) is 103 cm³/mol. The first kappa shape index (κ1) is 16.9. The molecule has 6 nitrogen and oxygen atoms in total. The molecule has 0 spiro atoms. The van der Waals surface area contributed by atoms with Crippen LogP contribution in [0.1, 0.15) is 15.9 Å². The number of rotatable bonds is 5. The Kier molecular flexibility index (Phi) is 4.87. The minimum Gasteiger partial charge on any atom is -0.486 e. The van der Waals surface area contributed by atoms with Crippen LogP contribution in [0.4, 0.5) is 11.4 Å². The van der Waals surface area contributed by atoms with Crippen molar-refractivity contribution in [2.75, 3.05) is 23.8 Å². The molecule has 2 heterocycles. The van der Waals surface area contributed by atoms with Crippen molar-refractivity contribution in [1.82, 2.24) is 4.98 Å². The van der Waals surface area contributed by atoms with Crippen LogP contribution >= 0.6 is 0 Å². The third-order valence-electron chi connectivity index (χ3n) is 4.14. The van der Waals surface area contributed by atoms with E-state index in [2.05, 4.69) is 15.6 Å². The summed E-state index contributed by atoms with van der Waals surface area (Å²) in [5.41, 5.74) is 3.06. The number of hydrogen-bond donors (Lipinski definition) is 2. The topological polar surface area (TPSA) is 72.5 Å². The quantitative estimate of drug-likeness (QED) is 0.725. The maximum atomic E-state index is 12.6. The molecule has 0 unspecified atom stereocenters. The number of fused-ring (bicyclic) bond motifs is 1. The summed E-state index contributed by atoms with van der Waals surface area (Å²) >= 11 is 0. The Morgan fingerprint density at radius 1 is 0.926 bits per heavy atom. The number of nitrogens with zero attached hydrogens (tertiary/aromatic N) is 1. The number of hydrogen-bond acceptors (Lipinski definition) is 5. The van der Waals surface area contributed by atoms with Gasteiger partial charge in [0.15, 0.2) is 11.5 Å². The maximum absolute atomic E-state index is 12.6. The van der Waals surface area contributed by atoms with Crippen LogP contribution in [0.3, 0.4) is 0 Å². The molecule has 0 bridgehead atoms. The Balaban J connectivity index is 1.43. The number of aromatic nitrogens is 1. The van der Waals surface area contributed by atoms with Crippen LogP contribution in [0.2, 0.25) is 0 Å². The van der Waals surface area contributed by atoms with Crippen LogP contribution in [-0.4, -0.2) is 24.1 Å². The SMILES string of the molecule is O=C(Nc1ccc2c(c1)OCCO2)c1cncc(NCc2ccccc2)c1. The maximum Gasteiger partial charge on any atom is 0.257 e. The van der Waals surface area contributed by atoms with Gasteiger partial charge in [-0.3, -0.25) is 9.78 Å². The van der Waals surface area contributed by atoms with E-state index in [1.54, 1.807) is 36.7 Å². The number of amides is 1. The minimum atomic E-state index is -0.234. The number of pyridine rings is 1. The monoisotopic (exact) mass is 361 g/mol. The Hall–Kier alpha value is -3.54. The number of carbonyl (C=O) groups is 1. The van der Waals surface area contributed by atoms with Crippen LogP contribution in [-0.2, 0) is 6.54 Å². The van der Waals surface area contributed by atoms with Gasteiger partial charge in [0.2, 0.25) is 0 Å². The third kappa shape index (κ3) is 4.17. The third-order valence-corrected chi connectivity index (χ3v) is 4.14. The highest BCUT2D eigenvalue weighted by Gasteiger charge is 2.14. The van der Waals surface area contributed by atoms with Gasteiger partial charge >= 0.3 is 0 Å². The summed E-state index contributed by atoms with van der Waals surface area (Å²) in [6, 6.07) is 17.2. The molecular formula is C21H19N3O3. The lowest BCUT2D eigenvalue weighted by Crippen LogP contribution is -2.16. The highest BCUT2D eigenvalue weighted by molar-refractivity contribution is 6.04. The van der Waals surface area contributed by atoms with E-state index in [0.29, 0.717) is 42.5 Å². The number of benzene rings is 2. The van der Waals surface area contributed by atoms with Gasteiger partial charge in [-0.25, -0.2) is 0 Å². The van der Waals surface area contributed by atoms with E-state index in [9.17, 15) is 4.79 Å². The molecule has 0 saturated heterocycles. The van der Waals surface area contributed by atoms with Gasteiger partial charge in [0, 0.05) is 30.7 Å². The molecule has 1 aliphatic rings. The van der Waals surface area contributed by atoms with Gasteiger partial charge in [0.25, 0.3) is 5.91 Å². The molecule has 3 aromatic rings. The van der Waals surface area contributed by atoms with Crippen LogP contribution in [0.25, 0.3) is 0 Å². The lowest BCUT2D eigenvalue weighted by atomic mass is 10.2.